The Labute approximate surface area is 153 Å². The van der Waals surface area contributed by atoms with Crippen LogP contribution in [0, 0.1) is 0 Å². The molecule has 2 rings (SSSR count). The number of ether oxygens (including phenoxy) is 3. The zero-order chi connectivity index (χ0) is 19.1. The molecule has 0 heterocycles. The van der Waals surface area contributed by atoms with E-state index in [4.69, 9.17) is 14.2 Å². The number of carbonyl (C=O) groups excluding carboxylic acids is 2. The van der Waals surface area contributed by atoms with Crippen molar-refractivity contribution >= 4 is 17.6 Å². The van der Waals surface area contributed by atoms with Gasteiger partial charge >= 0.3 is 5.97 Å². The topological polar surface area (TPSA) is 65.1 Å². The number of methoxy groups -OCH3 is 1. The van der Waals surface area contributed by atoms with Crippen LogP contribution in [0.2, 0.25) is 0 Å². The van der Waals surface area contributed by atoms with E-state index < -0.39 is 12.1 Å². The van der Waals surface area contributed by atoms with E-state index in [-0.39, 0.29) is 11.5 Å². The average molecular weight is 357 g/mol. The summed E-state index contributed by atoms with van der Waals surface area (Å²) in [4.78, 5) is 26.3. The zero-order valence-electron chi connectivity index (χ0n) is 15.4. The molecule has 26 heavy (non-hydrogen) atoms. The molecule has 0 aliphatic rings. The average Bonchev–Trinajstić information content (AvgIpc) is 2.67. The number of nitrogens with zero attached hydrogens (tertiary/aromatic N) is 1. The fourth-order valence-corrected chi connectivity index (χ4v) is 2.40. The highest BCUT2D eigenvalue weighted by Gasteiger charge is 2.23. The van der Waals surface area contributed by atoms with Crippen LogP contribution in [0.3, 0.4) is 0 Å². The van der Waals surface area contributed by atoms with Crippen molar-refractivity contribution in [1.29, 1.82) is 0 Å². The summed E-state index contributed by atoms with van der Waals surface area (Å²) in [5.41, 5.74) is 1.01. The second kappa shape index (κ2) is 8.89. The van der Waals surface area contributed by atoms with Gasteiger partial charge in [-0.3, -0.25) is 4.79 Å². The van der Waals surface area contributed by atoms with Gasteiger partial charge in [-0.05, 0) is 44.2 Å². The Bertz CT molecular complexity index is 760. The normalized spacial score (nSPS) is 11.4. The zero-order valence-corrected chi connectivity index (χ0v) is 15.4. The molecule has 0 fully saturated rings. The lowest BCUT2D eigenvalue weighted by atomic mass is 10.2. The lowest BCUT2D eigenvalue weighted by Gasteiger charge is -2.21. The maximum absolute atomic E-state index is 12.5. The lowest BCUT2D eigenvalue weighted by Crippen LogP contribution is -2.37. The largest absolute Gasteiger partial charge is 0.493 e. The minimum absolute atomic E-state index is 0.285. The van der Waals surface area contributed by atoms with Gasteiger partial charge in [-0.2, -0.15) is 0 Å². The second-order valence-electron chi connectivity index (χ2n) is 5.58. The van der Waals surface area contributed by atoms with E-state index in [1.807, 2.05) is 37.3 Å². The maximum atomic E-state index is 12.5. The molecule has 0 aliphatic heterocycles. The molecular weight excluding hydrogens is 334 g/mol. The number of rotatable bonds is 7. The van der Waals surface area contributed by atoms with Crippen LogP contribution in [-0.4, -0.2) is 38.7 Å². The Morgan fingerprint density at radius 2 is 1.77 bits per heavy atom. The molecule has 6 nitrogen and oxygen atoms in total. The van der Waals surface area contributed by atoms with Crippen molar-refractivity contribution in [2.75, 3.05) is 25.7 Å². The molecule has 2 aromatic rings. The van der Waals surface area contributed by atoms with Crippen molar-refractivity contribution in [2.45, 2.75) is 20.0 Å². The van der Waals surface area contributed by atoms with Crippen LogP contribution >= 0.6 is 0 Å². The van der Waals surface area contributed by atoms with E-state index in [0.717, 1.165) is 5.69 Å². The smallest absolute Gasteiger partial charge is 0.339 e. The molecule has 0 saturated heterocycles. The van der Waals surface area contributed by atoms with Gasteiger partial charge in [0.15, 0.2) is 17.6 Å². The number of hydrogen-bond donors (Lipinski definition) is 0. The predicted octanol–water partition coefficient (Wildman–Crippen LogP) is 3.30. The first kappa shape index (κ1) is 19.3. The van der Waals surface area contributed by atoms with E-state index in [2.05, 4.69) is 0 Å². The Morgan fingerprint density at radius 1 is 1.08 bits per heavy atom. The number of carbonyl (C=O) groups is 2. The Morgan fingerprint density at radius 3 is 2.38 bits per heavy atom. The van der Waals surface area contributed by atoms with E-state index in [9.17, 15) is 9.59 Å². The van der Waals surface area contributed by atoms with Gasteiger partial charge in [-0.25, -0.2) is 4.79 Å². The van der Waals surface area contributed by atoms with Gasteiger partial charge in [0.1, 0.15) is 0 Å². The maximum Gasteiger partial charge on any atom is 0.339 e. The fraction of sp³-hybridized carbons (Fsp3) is 0.300. The number of anilines is 1. The minimum atomic E-state index is -0.926. The standard InChI is InChI=1S/C20H23NO5/c1-5-25-17-12-11-15(13-18(17)24-4)20(23)26-14(2)19(22)21(3)16-9-7-6-8-10-16/h6-14H,5H2,1-4H3/t14-/m1/s1. The molecular formula is C20H23NO5. The van der Waals surface area contributed by atoms with Crippen molar-refractivity contribution in [2.24, 2.45) is 0 Å². The summed E-state index contributed by atoms with van der Waals surface area (Å²) in [7, 11) is 3.13. The number of esters is 1. The third-order valence-electron chi connectivity index (χ3n) is 3.80. The highest BCUT2D eigenvalue weighted by molar-refractivity contribution is 5.98. The molecule has 0 saturated carbocycles. The van der Waals surface area contributed by atoms with Gasteiger partial charge in [-0.15, -0.1) is 0 Å². The van der Waals surface area contributed by atoms with E-state index >= 15 is 0 Å². The third-order valence-corrected chi connectivity index (χ3v) is 3.80. The van der Waals surface area contributed by atoms with Gasteiger partial charge < -0.3 is 19.1 Å². The summed E-state index contributed by atoms with van der Waals surface area (Å²) in [5, 5.41) is 0. The fourth-order valence-electron chi connectivity index (χ4n) is 2.40. The molecule has 0 bridgehead atoms. The van der Waals surface area contributed by atoms with Crippen LogP contribution in [0.5, 0.6) is 11.5 Å². The second-order valence-corrected chi connectivity index (χ2v) is 5.58. The summed E-state index contributed by atoms with van der Waals surface area (Å²) in [6.45, 7) is 3.89. The molecule has 1 amide bonds. The van der Waals surface area contributed by atoms with E-state index in [1.54, 1.807) is 26.1 Å². The summed E-state index contributed by atoms with van der Waals surface area (Å²) >= 11 is 0. The van der Waals surface area contributed by atoms with Crippen molar-refractivity contribution in [3.05, 3.63) is 54.1 Å². The predicted molar refractivity (Wildman–Crippen MR) is 98.9 cm³/mol. The van der Waals surface area contributed by atoms with Crippen LogP contribution in [0.25, 0.3) is 0 Å². The SMILES string of the molecule is CCOc1ccc(C(=O)O[C@H](C)C(=O)N(C)c2ccccc2)cc1OC. The minimum Gasteiger partial charge on any atom is -0.493 e. The first-order valence-electron chi connectivity index (χ1n) is 8.32. The van der Waals surface area contributed by atoms with Crippen molar-refractivity contribution in [3.63, 3.8) is 0 Å². The number of benzene rings is 2. The summed E-state index contributed by atoms with van der Waals surface area (Å²) in [6, 6.07) is 13.9. The van der Waals surface area contributed by atoms with Gasteiger partial charge in [0.2, 0.25) is 0 Å². The Hall–Kier alpha value is -3.02. The Balaban J connectivity index is 2.07. The quantitative estimate of drug-likeness (QED) is 0.712. The van der Waals surface area contributed by atoms with Gasteiger partial charge in [0.05, 0.1) is 19.3 Å². The van der Waals surface area contributed by atoms with Gasteiger partial charge in [0, 0.05) is 12.7 Å². The first-order chi connectivity index (χ1) is 12.5. The van der Waals surface area contributed by atoms with Crippen LogP contribution in [0.4, 0.5) is 5.69 Å². The van der Waals surface area contributed by atoms with Gasteiger partial charge in [0.25, 0.3) is 5.91 Å². The number of para-hydroxylation sites is 1. The summed E-state index contributed by atoms with van der Waals surface area (Å²) < 4.78 is 16.0. The summed E-state index contributed by atoms with van der Waals surface area (Å²) in [5.74, 6) is 0.0530. The highest BCUT2D eigenvalue weighted by atomic mass is 16.5. The van der Waals surface area contributed by atoms with Crippen molar-refractivity contribution in [1.82, 2.24) is 0 Å². The number of hydrogen-bond acceptors (Lipinski definition) is 5. The van der Waals surface area contributed by atoms with Crippen LogP contribution in [-0.2, 0) is 9.53 Å². The van der Waals surface area contributed by atoms with Crippen molar-refractivity contribution < 1.29 is 23.8 Å². The van der Waals surface area contributed by atoms with E-state index in [1.165, 1.54) is 18.1 Å². The Kier molecular flexibility index (Phi) is 6.60. The van der Waals surface area contributed by atoms with Crippen molar-refractivity contribution in [3.8, 4) is 11.5 Å². The molecule has 0 spiro atoms. The molecule has 0 aromatic heterocycles. The molecule has 138 valence electrons. The first-order valence-corrected chi connectivity index (χ1v) is 8.32. The lowest BCUT2D eigenvalue weighted by molar-refractivity contribution is -0.126. The third kappa shape index (κ3) is 4.53. The molecule has 1 atom stereocenters. The highest BCUT2D eigenvalue weighted by Crippen LogP contribution is 2.28. The number of likely N-dealkylation sites (N-methyl/N-ethyl adjacent to an activating group) is 1. The van der Waals surface area contributed by atoms with Crippen LogP contribution in [0.15, 0.2) is 48.5 Å². The van der Waals surface area contributed by atoms with Crippen LogP contribution < -0.4 is 14.4 Å². The molecule has 0 radical (unpaired) electrons. The molecule has 0 unspecified atom stereocenters. The van der Waals surface area contributed by atoms with Crippen LogP contribution in [0.1, 0.15) is 24.2 Å². The molecule has 0 aliphatic carbocycles. The molecule has 6 heteroatoms. The molecule has 0 N–H and O–H groups in total. The summed E-state index contributed by atoms with van der Waals surface area (Å²) in [6.07, 6.45) is -0.926. The number of amides is 1. The van der Waals surface area contributed by atoms with Gasteiger partial charge in [-0.1, -0.05) is 18.2 Å². The monoisotopic (exact) mass is 357 g/mol. The van der Waals surface area contributed by atoms with E-state index in [0.29, 0.717) is 18.1 Å². The molecule has 2 aromatic carbocycles.